The number of nitrogens with zero attached hydrogens (tertiary/aromatic N) is 1. The Balaban J connectivity index is 0. The van der Waals surface area contributed by atoms with Gasteiger partial charge in [0.25, 0.3) is 0 Å². The van der Waals surface area contributed by atoms with Crippen LogP contribution in [0.3, 0.4) is 0 Å². The first-order valence-corrected chi connectivity index (χ1v) is 3.66. The lowest BCUT2D eigenvalue weighted by Gasteiger charge is -2.17. The minimum Gasteiger partial charge on any atom is -0.231 e. The Morgan fingerprint density at radius 2 is 1.30 bits per heavy atom. The molecule has 10 heavy (non-hydrogen) atoms. The lowest BCUT2D eigenvalue weighted by Crippen LogP contribution is -2.68. The van der Waals surface area contributed by atoms with Gasteiger partial charge in [0.1, 0.15) is 14.1 Å². The van der Waals surface area contributed by atoms with E-state index in [9.17, 15) is 0 Å². The molecule has 0 rings (SSSR count). The van der Waals surface area contributed by atoms with Crippen molar-refractivity contribution in [1.29, 1.82) is 0 Å². The Kier molecular flexibility index (Phi) is 7.44. The van der Waals surface area contributed by atoms with Gasteiger partial charge >= 0.3 is 0 Å². The van der Waals surface area contributed by atoms with Crippen LogP contribution in [0.1, 0.15) is 0 Å². The summed E-state index contributed by atoms with van der Waals surface area (Å²) < 4.78 is 35.7. The molecule has 0 aromatic heterocycles. The molecule has 0 aliphatic rings. The summed E-state index contributed by atoms with van der Waals surface area (Å²) in [6.07, 6.45) is 0. The average Bonchev–Trinajstić information content (AvgIpc) is 1.61. The van der Waals surface area contributed by atoms with Crippen molar-refractivity contribution in [3.8, 4) is 0 Å². The smallest absolute Gasteiger partial charge is 0.231 e. The molecule has 5 nitrogen and oxygen atoms in total. The summed E-state index contributed by atoms with van der Waals surface area (Å²) in [6, 6.07) is 0. The van der Waals surface area contributed by atoms with Crippen molar-refractivity contribution in [3.63, 3.8) is 0 Å². The van der Waals surface area contributed by atoms with Crippen molar-refractivity contribution < 1.29 is 33.5 Å². The van der Waals surface area contributed by atoms with Crippen molar-refractivity contribution in [2.24, 2.45) is 0 Å². The molecule has 0 N–H and O–H groups in total. The molecule has 62 valence electrons. The minimum absolute atomic E-state index is 1.47. The van der Waals surface area contributed by atoms with E-state index in [0.29, 0.717) is 0 Å². The quantitative estimate of drug-likeness (QED) is 0.287. The molecule has 7 heteroatoms. The Morgan fingerprint density at radius 1 is 1.20 bits per heavy atom. The number of hydrogen-bond donors (Lipinski definition) is 0. The van der Waals surface area contributed by atoms with E-state index in [0.717, 1.165) is 0 Å². The fraction of sp³-hybridized carbons (Fsp3) is 0.667. The number of halogens is 2. The molecule has 0 bridgehead atoms. The van der Waals surface area contributed by atoms with E-state index in [1.807, 2.05) is 14.1 Å². The predicted molar refractivity (Wildman–Crippen MR) is 24.0 cm³/mol. The van der Waals surface area contributed by atoms with E-state index in [-0.39, 0.29) is 0 Å². The average molecular weight is 192 g/mol. The van der Waals surface area contributed by atoms with Crippen LogP contribution in [0, 0.1) is 10.2 Å². The minimum atomic E-state index is -4.94. The summed E-state index contributed by atoms with van der Waals surface area (Å²) in [5.41, 5.74) is 1.47. The van der Waals surface area contributed by atoms with Crippen molar-refractivity contribution in [3.05, 3.63) is 0 Å². The molecule has 0 saturated carbocycles. The molecule has 0 heterocycles. The standard InChI is InChI=1S/C3H7ClN.ClHO4/c1-5(2)3-4;2-1(3,4)5/h3H,1-2H3;(H,2,3,4,5)/q+1;/p-1. The van der Waals surface area contributed by atoms with Gasteiger partial charge in [-0.25, -0.2) is 23.2 Å². The highest BCUT2D eigenvalue weighted by Gasteiger charge is 1.84. The van der Waals surface area contributed by atoms with Gasteiger partial charge in [0.2, 0.25) is 5.67 Å². The van der Waals surface area contributed by atoms with Crippen LogP contribution in [-0.2, 0) is 0 Å². The molecule has 0 fully saturated rings. The molecule has 0 amide bonds. The van der Waals surface area contributed by atoms with E-state index in [1.165, 1.54) is 5.67 Å². The zero-order chi connectivity index (χ0) is 8.78. The SMILES string of the molecule is C[N+](C)=CCl.[O-][Cl+3]([O-])([O-])[O-]. The molecule has 0 atom stereocenters. The van der Waals surface area contributed by atoms with E-state index in [1.54, 1.807) is 4.58 Å². The third-order valence-corrected chi connectivity index (χ3v) is 0.586. The number of rotatable bonds is 0. The van der Waals surface area contributed by atoms with Gasteiger partial charge in [0.15, 0.2) is 0 Å². The van der Waals surface area contributed by atoms with E-state index in [4.69, 9.17) is 30.2 Å². The van der Waals surface area contributed by atoms with E-state index in [2.05, 4.69) is 0 Å². The van der Waals surface area contributed by atoms with Gasteiger partial charge in [-0.05, 0) is 11.6 Å². The summed E-state index contributed by atoms with van der Waals surface area (Å²) in [6.45, 7) is 0. The van der Waals surface area contributed by atoms with Crippen LogP contribution in [0.4, 0.5) is 0 Å². The molecule has 0 saturated heterocycles. The monoisotopic (exact) mass is 191 g/mol. The molecule has 0 radical (unpaired) electrons. The van der Waals surface area contributed by atoms with Crippen molar-refractivity contribution in [2.45, 2.75) is 0 Å². The Hall–Kier alpha value is 0.0900. The maximum Gasteiger partial charge on any atom is 0.232 e. The van der Waals surface area contributed by atoms with Gasteiger partial charge in [-0.15, -0.1) is 10.2 Å². The molecular formula is C3H7Cl2NO4. The molecule has 0 spiro atoms. The summed E-state index contributed by atoms with van der Waals surface area (Å²) in [5, 5.41) is 0. The second-order valence-corrected chi connectivity index (χ2v) is 2.39. The zero-order valence-corrected chi connectivity index (χ0v) is 6.93. The van der Waals surface area contributed by atoms with Crippen molar-refractivity contribution in [2.75, 3.05) is 14.1 Å². The molecular weight excluding hydrogens is 185 g/mol. The van der Waals surface area contributed by atoms with Crippen LogP contribution < -0.4 is 18.6 Å². The number of hydrogen-bond acceptors (Lipinski definition) is 4. The Morgan fingerprint density at radius 3 is 1.30 bits per heavy atom. The van der Waals surface area contributed by atoms with Gasteiger partial charge in [0.05, 0.1) is 0 Å². The summed E-state index contributed by atoms with van der Waals surface area (Å²) in [4.78, 5) is 0. The highest BCUT2D eigenvalue weighted by atomic mass is 35.7. The first-order valence-electron chi connectivity index (χ1n) is 1.99. The van der Waals surface area contributed by atoms with Gasteiger partial charge in [-0.2, -0.15) is 0 Å². The highest BCUT2D eigenvalue weighted by Crippen LogP contribution is 1.55. The summed E-state index contributed by atoms with van der Waals surface area (Å²) in [7, 11) is -1.21. The van der Waals surface area contributed by atoms with Gasteiger partial charge in [0, 0.05) is 0 Å². The van der Waals surface area contributed by atoms with Crippen LogP contribution in [0.2, 0.25) is 0 Å². The molecule has 0 aromatic carbocycles. The molecule has 0 unspecified atom stereocenters. The lowest BCUT2D eigenvalue weighted by atomic mass is 11.1. The first kappa shape index (κ1) is 12.7. The maximum absolute atomic E-state index is 8.49. The maximum atomic E-state index is 8.49. The summed E-state index contributed by atoms with van der Waals surface area (Å²) >= 11 is 5.14. The molecule has 0 aliphatic carbocycles. The topological polar surface area (TPSA) is 95.2 Å². The van der Waals surface area contributed by atoms with E-state index >= 15 is 0 Å². The summed E-state index contributed by atoms with van der Waals surface area (Å²) in [5.74, 6) is 0. The van der Waals surface area contributed by atoms with Crippen LogP contribution in [0.25, 0.3) is 0 Å². The molecule has 0 aliphatic heterocycles. The highest BCUT2D eigenvalue weighted by molar-refractivity contribution is 6.54. The third-order valence-electron chi connectivity index (χ3n) is 0.195. The van der Waals surface area contributed by atoms with Crippen molar-refractivity contribution in [1.82, 2.24) is 0 Å². The second-order valence-electron chi connectivity index (χ2n) is 1.44. The normalized spacial score (nSPS) is 9.50. The van der Waals surface area contributed by atoms with Gasteiger partial charge < -0.3 is 0 Å². The first-order chi connectivity index (χ1) is 4.27. The van der Waals surface area contributed by atoms with Crippen molar-refractivity contribution >= 4 is 17.3 Å². The lowest BCUT2D eigenvalue weighted by molar-refractivity contribution is -2.00. The third kappa shape index (κ3) is 93.1. The van der Waals surface area contributed by atoms with Crippen LogP contribution in [0.15, 0.2) is 0 Å². The second kappa shape index (κ2) is 5.84. The fourth-order valence-corrected chi connectivity index (χ4v) is 0. The van der Waals surface area contributed by atoms with Gasteiger partial charge in [-0.1, -0.05) is 0 Å². The van der Waals surface area contributed by atoms with Crippen LogP contribution in [0.5, 0.6) is 0 Å². The predicted octanol–water partition coefficient (Wildman–Crippen LogP) is -4.23. The molecule has 0 aromatic rings. The largest absolute Gasteiger partial charge is 0.232 e. The van der Waals surface area contributed by atoms with Crippen LogP contribution >= 0.6 is 11.6 Å². The Bertz CT molecular complexity index is 99.6. The van der Waals surface area contributed by atoms with Gasteiger partial charge in [-0.3, -0.25) is 0 Å². The Labute approximate surface area is 65.5 Å². The van der Waals surface area contributed by atoms with Crippen LogP contribution in [-0.4, -0.2) is 24.3 Å². The van der Waals surface area contributed by atoms with E-state index < -0.39 is 10.2 Å². The zero-order valence-electron chi connectivity index (χ0n) is 5.41. The fourth-order valence-electron chi connectivity index (χ4n) is 0.